The smallest absolute Gasteiger partial charge is 0.248 e. The zero-order chi connectivity index (χ0) is 11.8. The van der Waals surface area contributed by atoms with E-state index in [0.717, 1.165) is 13.1 Å². The summed E-state index contributed by atoms with van der Waals surface area (Å²) >= 11 is 0. The van der Waals surface area contributed by atoms with Crippen LogP contribution in [-0.4, -0.2) is 59.9 Å². The van der Waals surface area contributed by atoms with Gasteiger partial charge in [-0.05, 0) is 13.3 Å². The molecule has 1 amide bonds. The lowest BCUT2D eigenvalue weighted by molar-refractivity contribution is -0.167. The Bertz CT molecular complexity index is 283. The first-order valence-corrected chi connectivity index (χ1v) is 5.81. The number of hydrogen-bond acceptors (Lipinski definition) is 4. The number of carbonyl (C=O) groups is 1. The summed E-state index contributed by atoms with van der Waals surface area (Å²) in [5.74, 6) is -0.0220. The molecule has 0 radical (unpaired) electrons. The molecule has 2 N–H and O–H groups in total. The fourth-order valence-corrected chi connectivity index (χ4v) is 1.97. The quantitative estimate of drug-likeness (QED) is 0.671. The summed E-state index contributed by atoms with van der Waals surface area (Å²) in [4.78, 5) is 13.3. The zero-order valence-corrected chi connectivity index (χ0v) is 9.95. The molecule has 0 aromatic carbocycles. The maximum Gasteiger partial charge on any atom is 0.248 e. The molecule has 2 aliphatic heterocycles. The monoisotopic (exact) mass is 228 g/mol. The fraction of sp³-hybridized carbons (Fsp3) is 0.909. The van der Waals surface area contributed by atoms with E-state index in [1.807, 2.05) is 13.8 Å². The standard InChI is InChI=1S/C11H20N2O3/c1-3-11(15)7-13(8-11)9(14)4-16-10(2)5-12-6-10/h12,15H,3-8H2,1-2H3. The van der Waals surface area contributed by atoms with Gasteiger partial charge in [0.2, 0.25) is 5.91 Å². The molecule has 5 heteroatoms. The van der Waals surface area contributed by atoms with Gasteiger partial charge in [-0.25, -0.2) is 0 Å². The largest absolute Gasteiger partial charge is 0.386 e. The van der Waals surface area contributed by atoms with E-state index >= 15 is 0 Å². The van der Waals surface area contributed by atoms with Crippen LogP contribution < -0.4 is 5.32 Å². The van der Waals surface area contributed by atoms with Crippen LogP contribution >= 0.6 is 0 Å². The number of aliphatic hydroxyl groups is 1. The second kappa shape index (κ2) is 3.98. The Morgan fingerprint density at radius 3 is 2.56 bits per heavy atom. The SMILES string of the molecule is CCC1(O)CN(C(=O)COC2(C)CNC2)C1. The van der Waals surface area contributed by atoms with Gasteiger partial charge in [0.1, 0.15) is 6.61 Å². The van der Waals surface area contributed by atoms with Crippen molar-refractivity contribution in [3.05, 3.63) is 0 Å². The summed E-state index contributed by atoms with van der Waals surface area (Å²) in [5, 5.41) is 12.9. The summed E-state index contributed by atoms with van der Waals surface area (Å²) in [6.45, 7) is 6.55. The van der Waals surface area contributed by atoms with Crippen LogP contribution in [0.3, 0.4) is 0 Å². The number of carbonyl (C=O) groups excluding carboxylic acids is 1. The molecule has 5 nitrogen and oxygen atoms in total. The Kier molecular flexibility index (Phi) is 2.94. The summed E-state index contributed by atoms with van der Waals surface area (Å²) in [6.07, 6.45) is 0.694. The lowest BCUT2D eigenvalue weighted by Crippen LogP contribution is -2.65. The van der Waals surface area contributed by atoms with Gasteiger partial charge in [0.15, 0.2) is 0 Å². The van der Waals surface area contributed by atoms with E-state index in [1.54, 1.807) is 4.90 Å². The second-order valence-electron chi connectivity index (χ2n) is 5.17. The molecule has 0 aromatic heterocycles. The van der Waals surface area contributed by atoms with Gasteiger partial charge in [0.25, 0.3) is 0 Å². The summed E-state index contributed by atoms with van der Waals surface area (Å²) in [7, 11) is 0. The second-order valence-corrected chi connectivity index (χ2v) is 5.17. The van der Waals surface area contributed by atoms with Crippen LogP contribution in [0, 0.1) is 0 Å². The first-order valence-electron chi connectivity index (χ1n) is 5.81. The average molecular weight is 228 g/mol. The summed E-state index contributed by atoms with van der Waals surface area (Å²) in [6, 6.07) is 0. The first-order chi connectivity index (χ1) is 7.46. The van der Waals surface area contributed by atoms with Gasteiger partial charge in [0.05, 0.1) is 24.3 Å². The van der Waals surface area contributed by atoms with Gasteiger partial charge >= 0.3 is 0 Å². The number of hydrogen-bond donors (Lipinski definition) is 2. The lowest BCUT2D eigenvalue weighted by Gasteiger charge is -2.46. The normalized spacial score (nSPS) is 25.8. The Morgan fingerprint density at radius 1 is 1.50 bits per heavy atom. The van der Waals surface area contributed by atoms with Crippen molar-refractivity contribution in [3.63, 3.8) is 0 Å². The highest BCUT2D eigenvalue weighted by molar-refractivity contribution is 5.78. The average Bonchev–Trinajstić information content (AvgIpc) is 2.18. The van der Waals surface area contributed by atoms with Crippen molar-refractivity contribution < 1.29 is 14.6 Å². The van der Waals surface area contributed by atoms with E-state index in [-0.39, 0.29) is 18.1 Å². The predicted octanol–water partition coefficient (Wildman–Crippen LogP) is -0.652. The molecule has 2 rings (SSSR count). The van der Waals surface area contributed by atoms with Crippen LogP contribution in [0.25, 0.3) is 0 Å². The third-order valence-electron chi connectivity index (χ3n) is 3.52. The molecule has 92 valence electrons. The number of nitrogens with one attached hydrogen (secondary N) is 1. The first kappa shape index (κ1) is 11.8. The molecule has 0 aromatic rings. The number of likely N-dealkylation sites (tertiary alicyclic amines) is 1. The van der Waals surface area contributed by atoms with Crippen LogP contribution in [0.4, 0.5) is 0 Å². The molecular weight excluding hydrogens is 208 g/mol. The minimum absolute atomic E-state index is 0.0220. The molecule has 2 heterocycles. The van der Waals surface area contributed by atoms with Gasteiger partial charge in [-0.1, -0.05) is 6.92 Å². The molecule has 2 fully saturated rings. The van der Waals surface area contributed by atoms with Crippen LogP contribution in [0.5, 0.6) is 0 Å². The van der Waals surface area contributed by atoms with E-state index < -0.39 is 5.60 Å². The number of rotatable bonds is 4. The maximum atomic E-state index is 11.7. The number of ether oxygens (including phenoxy) is 1. The number of β-amino-alcohol motifs (C(OH)–C–C–N with tert-alkyl or cyclic N) is 1. The van der Waals surface area contributed by atoms with Gasteiger partial charge < -0.3 is 20.1 Å². The number of amides is 1. The highest BCUT2D eigenvalue weighted by Crippen LogP contribution is 2.24. The molecule has 0 bridgehead atoms. The predicted molar refractivity (Wildman–Crippen MR) is 59.0 cm³/mol. The Balaban J connectivity index is 1.70. The summed E-state index contributed by atoms with van der Waals surface area (Å²) in [5.41, 5.74) is -0.834. The number of nitrogens with zero attached hydrogens (tertiary/aromatic N) is 1. The molecule has 0 atom stereocenters. The Morgan fingerprint density at radius 2 is 2.12 bits per heavy atom. The Labute approximate surface area is 95.8 Å². The van der Waals surface area contributed by atoms with Gasteiger partial charge in [0, 0.05) is 13.1 Å². The minimum atomic E-state index is -0.655. The maximum absolute atomic E-state index is 11.7. The molecule has 2 aliphatic rings. The molecular formula is C11H20N2O3. The van der Waals surface area contributed by atoms with Crippen molar-refractivity contribution in [2.24, 2.45) is 0 Å². The lowest BCUT2D eigenvalue weighted by atomic mass is 9.91. The minimum Gasteiger partial charge on any atom is -0.386 e. The van der Waals surface area contributed by atoms with E-state index in [9.17, 15) is 9.90 Å². The molecule has 0 saturated carbocycles. The van der Waals surface area contributed by atoms with Crippen LogP contribution in [0.1, 0.15) is 20.3 Å². The third-order valence-corrected chi connectivity index (χ3v) is 3.52. The van der Waals surface area contributed by atoms with Gasteiger partial charge in [-0.2, -0.15) is 0 Å². The summed E-state index contributed by atoms with van der Waals surface area (Å²) < 4.78 is 5.55. The fourth-order valence-electron chi connectivity index (χ4n) is 1.97. The van der Waals surface area contributed by atoms with E-state index in [2.05, 4.69) is 5.32 Å². The Hall–Kier alpha value is -0.650. The van der Waals surface area contributed by atoms with E-state index in [4.69, 9.17) is 4.74 Å². The van der Waals surface area contributed by atoms with Crippen molar-refractivity contribution in [1.29, 1.82) is 0 Å². The van der Waals surface area contributed by atoms with Gasteiger partial charge in [-0.3, -0.25) is 4.79 Å². The van der Waals surface area contributed by atoms with Crippen molar-refractivity contribution in [2.75, 3.05) is 32.8 Å². The zero-order valence-electron chi connectivity index (χ0n) is 9.95. The molecule has 16 heavy (non-hydrogen) atoms. The van der Waals surface area contributed by atoms with Crippen molar-refractivity contribution in [2.45, 2.75) is 31.5 Å². The molecule has 2 saturated heterocycles. The highest BCUT2D eigenvalue weighted by Gasteiger charge is 2.42. The third kappa shape index (κ3) is 2.21. The van der Waals surface area contributed by atoms with Crippen molar-refractivity contribution >= 4 is 5.91 Å². The van der Waals surface area contributed by atoms with Crippen LogP contribution in [0.15, 0.2) is 0 Å². The molecule has 0 unspecified atom stereocenters. The molecule has 0 aliphatic carbocycles. The molecule has 0 spiro atoms. The van der Waals surface area contributed by atoms with E-state index in [1.165, 1.54) is 0 Å². The van der Waals surface area contributed by atoms with E-state index in [0.29, 0.717) is 19.5 Å². The topological polar surface area (TPSA) is 61.8 Å². The highest BCUT2D eigenvalue weighted by atomic mass is 16.5. The van der Waals surface area contributed by atoms with Crippen molar-refractivity contribution in [1.82, 2.24) is 10.2 Å². The van der Waals surface area contributed by atoms with Crippen LogP contribution in [-0.2, 0) is 9.53 Å². The van der Waals surface area contributed by atoms with Gasteiger partial charge in [-0.15, -0.1) is 0 Å². The van der Waals surface area contributed by atoms with Crippen LogP contribution in [0.2, 0.25) is 0 Å². The van der Waals surface area contributed by atoms with Crippen molar-refractivity contribution in [3.8, 4) is 0 Å².